The highest BCUT2D eigenvalue weighted by Crippen LogP contribution is 2.21. The van der Waals surface area contributed by atoms with E-state index in [9.17, 15) is 0 Å². The van der Waals surface area contributed by atoms with Crippen molar-refractivity contribution < 1.29 is 4.74 Å². The van der Waals surface area contributed by atoms with Gasteiger partial charge in [-0.25, -0.2) is 0 Å². The van der Waals surface area contributed by atoms with Gasteiger partial charge in [-0.1, -0.05) is 0 Å². The van der Waals surface area contributed by atoms with Crippen LogP contribution in [0.15, 0.2) is 24.3 Å². The summed E-state index contributed by atoms with van der Waals surface area (Å²) in [4.78, 5) is 4.87. The third-order valence-electron chi connectivity index (χ3n) is 3.65. The van der Waals surface area contributed by atoms with Crippen LogP contribution in [-0.2, 0) is 0 Å². The average molecular weight is 249 g/mol. The number of piperazine rings is 1. The van der Waals surface area contributed by atoms with Gasteiger partial charge in [-0.3, -0.25) is 4.90 Å². The molecule has 0 bridgehead atoms. The zero-order chi connectivity index (χ0) is 13.0. The van der Waals surface area contributed by atoms with Crippen LogP contribution in [0.1, 0.15) is 0 Å². The Labute approximate surface area is 110 Å². The largest absolute Gasteiger partial charge is 0.497 e. The summed E-state index contributed by atoms with van der Waals surface area (Å²) < 4.78 is 5.20. The molecule has 1 aliphatic rings. The van der Waals surface area contributed by atoms with Gasteiger partial charge in [0.25, 0.3) is 0 Å². The van der Waals surface area contributed by atoms with Gasteiger partial charge < -0.3 is 15.0 Å². The maximum Gasteiger partial charge on any atom is 0.119 e. The van der Waals surface area contributed by atoms with Crippen molar-refractivity contribution in [3.63, 3.8) is 0 Å². The molecule has 1 heterocycles. The highest BCUT2D eigenvalue weighted by molar-refractivity contribution is 5.49. The van der Waals surface area contributed by atoms with E-state index in [2.05, 4.69) is 34.3 Å². The van der Waals surface area contributed by atoms with Crippen LogP contribution in [0.25, 0.3) is 0 Å². The number of benzene rings is 1. The molecule has 0 saturated carbocycles. The van der Waals surface area contributed by atoms with Gasteiger partial charge in [0.15, 0.2) is 0 Å². The summed E-state index contributed by atoms with van der Waals surface area (Å²) in [6, 6.07) is 8.91. The fourth-order valence-electron chi connectivity index (χ4n) is 2.43. The number of ether oxygens (including phenoxy) is 1. The molecule has 1 aromatic rings. The van der Waals surface area contributed by atoms with E-state index in [-0.39, 0.29) is 0 Å². The van der Waals surface area contributed by atoms with Crippen molar-refractivity contribution in [1.29, 1.82) is 0 Å². The average Bonchev–Trinajstić information content (AvgIpc) is 2.42. The van der Waals surface area contributed by atoms with Gasteiger partial charge in [0.05, 0.1) is 7.11 Å². The van der Waals surface area contributed by atoms with Crippen molar-refractivity contribution in [2.45, 2.75) is 6.04 Å². The van der Waals surface area contributed by atoms with Gasteiger partial charge in [-0.15, -0.1) is 0 Å². The Kier molecular flexibility index (Phi) is 4.44. The Bertz CT molecular complexity index is 366. The van der Waals surface area contributed by atoms with Gasteiger partial charge >= 0.3 is 0 Å². The highest BCUT2D eigenvalue weighted by Gasteiger charge is 2.23. The predicted molar refractivity (Wildman–Crippen MR) is 75.6 cm³/mol. The van der Waals surface area contributed by atoms with E-state index in [0.29, 0.717) is 6.04 Å². The zero-order valence-electron chi connectivity index (χ0n) is 11.5. The number of hydrogen-bond acceptors (Lipinski definition) is 4. The molecular formula is C14H23N3O. The lowest BCUT2D eigenvalue weighted by atomic mass is 10.1. The summed E-state index contributed by atoms with van der Waals surface area (Å²) in [6.07, 6.45) is 0. The topological polar surface area (TPSA) is 27.7 Å². The molecule has 0 spiro atoms. The van der Waals surface area contributed by atoms with Crippen LogP contribution in [0.4, 0.5) is 5.69 Å². The van der Waals surface area contributed by atoms with Crippen LogP contribution in [0.3, 0.4) is 0 Å². The summed E-state index contributed by atoms with van der Waals surface area (Å²) in [7, 11) is 5.92. The van der Waals surface area contributed by atoms with E-state index in [4.69, 9.17) is 4.74 Å². The van der Waals surface area contributed by atoms with Crippen LogP contribution in [0.5, 0.6) is 5.75 Å². The van der Waals surface area contributed by atoms with Crippen molar-refractivity contribution in [2.75, 3.05) is 52.3 Å². The molecule has 1 unspecified atom stereocenters. The van der Waals surface area contributed by atoms with Crippen molar-refractivity contribution in [2.24, 2.45) is 0 Å². The maximum absolute atomic E-state index is 5.20. The monoisotopic (exact) mass is 249 g/mol. The fraction of sp³-hybridized carbons (Fsp3) is 0.571. The van der Waals surface area contributed by atoms with E-state index >= 15 is 0 Å². The number of likely N-dealkylation sites (N-methyl/N-ethyl adjacent to an activating group) is 2. The second-order valence-electron chi connectivity index (χ2n) is 4.84. The van der Waals surface area contributed by atoms with Gasteiger partial charge in [0, 0.05) is 37.9 Å². The summed E-state index contributed by atoms with van der Waals surface area (Å²) in [5.41, 5.74) is 1.28. The summed E-state index contributed by atoms with van der Waals surface area (Å²) >= 11 is 0. The van der Waals surface area contributed by atoms with E-state index in [1.165, 1.54) is 5.69 Å². The third-order valence-corrected chi connectivity index (χ3v) is 3.65. The van der Waals surface area contributed by atoms with Crippen molar-refractivity contribution >= 4 is 5.69 Å². The highest BCUT2D eigenvalue weighted by atomic mass is 16.5. The molecule has 4 heteroatoms. The molecule has 1 fully saturated rings. The zero-order valence-corrected chi connectivity index (χ0v) is 11.5. The first-order valence-electron chi connectivity index (χ1n) is 6.48. The van der Waals surface area contributed by atoms with E-state index in [1.54, 1.807) is 7.11 Å². The number of methoxy groups -OCH3 is 1. The molecule has 1 saturated heterocycles. The van der Waals surface area contributed by atoms with Crippen LogP contribution < -0.4 is 15.0 Å². The first-order chi connectivity index (χ1) is 8.74. The number of nitrogens with zero attached hydrogens (tertiary/aromatic N) is 2. The number of anilines is 1. The molecule has 0 aliphatic carbocycles. The number of nitrogens with one attached hydrogen (secondary N) is 1. The Hall–Kier alpha value is -1.26. The molecule has 0 radical (unpaired) electrons. The number of hydrogen-bond donors (Lipinski definition) is 1. The minimum absolute atomic E-state index is 0.575. The van der Waals surface area contributed by atoms with Crippen LogP contribution >= 0.6 is 0 Å². The quantitative estimate of drug-likeness (QED) is 0.863. The summed E-state index contributed by atoms with van der Waals surface area (Å²) in [5.74, 6) is 0.916. The van der Waals surface area contributed by atoms with E-state index in [0.717, 1.165) is 31.9 Å². The Morgan fingerprint density at radius 2 is 2.00 bits per heavy atom. The molecule has 100 valence electrons. The molecule has 2 rings (SSSR count). The van der Waals surface area contributed by atoms with Crippen molar-refractivity contribution in [3.05, 3.63) is 24.3 Å². The Morgan fingerprint density at radius 1 is 1.28 bits per heavy atom. The van der Waals surface area contributed by atoms with Gasteiger partial charge in [0.1, 0.15) is 5.75 Å². The normalized spacial score (nSPS) is 21.1. The lowest BCUT2D eigenvalue weighted by molar-refractivity contribution is 0.216. The summed E-state index contributed by atoms with van der Waals surface area (Å²) in [6.45, 7) is 4.30. The smallest absolute Gasteiger partial charge is 0.119 e. The molecule has 18 heavy (non-hydrogen) atoms. The van der Waals surface area contributed by atoms with Crippen LogP contribution in [0.2, 0.25) is 0 Å². The Balaban J connectivity index is 2.03. The molecule has 1 aliphatic heterocycles. The van der Waals surface area contributed by atoms with Gasteiger partial charge in [0.2, 0.25) is 0 Å². The first-order valence-corrected chi connectivity index (χ1v) is 6.48. The summed E-state index contributed by atoms with van der Waals surface area (Å²) in [5, 5.41) is 3.27. The molecule has 4 nitrogen and oxygen atoms in total. The molecule has 0 aromatic heterocycles. The second-order valence-corrected chi connectivity index (χ2v) is 4.84. The lowest BCUT2D eigenvalue weighted by Crippen LogP contribution is -2.54. The standard InChI is InChI=1S/C14H23N3O/c1-15-10-13-11-17(9-8-16(13)2)12-4-6-14(18-3)7-5-12/h4-7,13,15H,8-11H2,1-3H3. The SMILES string of the molecule is CNCC1CN(c2ccc(OC)cc2)CCN1C. The third kappa shape index (κ3) is 2.94. The predicted octanol–water partition coefficient (Wildman–Crippen LogP) is 1.03. The van der Waals surface area contributed by atoms with Crippen LogP contribution in [0, 0.1) is 0 Å². The molecule has 1 aromatic carbocycles. The van der Waals surface area contributed by atoms with E-state index < -0.39 is 0 Å². The van der Waals surface area contributed by atoms with Gasteiger partial charge in [-0.05, 0) is 38.4 Å². The van der Waals surface area contributed by atoms with E-state index in [1.807, 2.05) is 19.2 Å². The van der Waals surface area contributed by atoms with Gasteiger partial charge in [-0.2, -0.15) is 0 Å². The molecular weight excluding hydrogens is 226 g/mol. The van der Waals surface area contributed by atoms with Crippen molar-refractivity contribution in [1.82, 2.24) is 10.2 Å². The van der Waals surface area contributed by atoms with Crippen LogP contribution in [-0.4, -0.2) is 58.3 Å². The minimum Gasteiger partial charge on any atom is -0.497 e. The van der Waals surface area contributed by atoms with Crippen molar-refractivity contribution in [3.8, 4) is 5.75 Å². The second kappa shape index (κ2) is 6.07. The lowest BCUT2D eigenvalue weighted by Gasteiger charge is -2.40. The number of rotatable bonds is 4. The fourth-order valence-corrected chi connectivity index (χ4v) is 2.43. The molecule has 0 amide bonds. The first kappa shape index (κ1) is 13.2. The maximum atomic E-state index is 5.20. The Morgan fingerprint density at radius 3 is 2.61 bits per heavy atom. The molecule has 1 atom stereocenters. The minimum atomic E-state index is 0.575. The molecule has 1 N–H and O–H groups in total.